The SMILES string of the molecule is CC(C)(CNC(=O)OC(C)(C)C)NCC#N. The lowest BCUT2D eigenvalue weighted by molar-refractivity contribution is 0.0514. The molecular formula is C11H21N3O2. The molecule has 0 aliphatic carbocycles. The van der Waals surface area contributed by atoms with Crippen LogP contribution in [0, 0.1) is 11.3 Å². The number of ether oxygens (including phenoxy) is 1. The van der Waals surface area contributed by atoms with Gasteiger partial charge in [-0.2, -0.15) is 5.26 Å². The minimum Gasteiger partial charge on any atom is -0.444 e. The minimum atomic E-state index is -0.492. The van der Waals surface area contributed by atoms with Crippen LogP contribution in [0.3, 0.4) is 0 Å². The lowest BCUT2D eigenvalue weighted by Crippen LogP contribution is -2.49. The van der Waals surface area contributed by atoms with Gasteiger partial charge in [0, 0.05) is 12.1 Å². The van der Waals surface area contributed by atoms with Crippen LogP contribution in [0.5, 0.6) is 0 Å². The van der Waals surface area contributed by atoms with E-state index in [4.69, 9.17) is 10.00 Å². The number of carbonyl (C=O) groups excluding carboxylic acids is 1. The van der Waals surface area contributed by atoms with E-state index in [1.54, 1.807) is 0 Å². The first-order chi connectivity index (χ1) is 7.16. The Labute approximate surface area is 97.2 Å². The zero-order valence-corrected chi connectivity index (χ0v) is 10.7. The van der Waals surface area contributed by atoms with E-state index >= 15 is 0 Å². The van der Waals surface area contributed by atoms with Gasteiger partial charge in [-0.3, -0.25) is 5.32 Å². The molecule has 0 spiro atoms. The summed E-state index contributed by atoms with van der Waals surface area (Å²) in [6.45, 7) is 9.90. The van der Waals surface area contributed by atoms with E-state index in [-0.39, 0.29) is 12.1 Å². The molecule has 0 atom stereocenters. The van der Waals surface area contributed by atoms with Crippen molar-refractivity contribution in [2.24, 2.45) is 0 Å². The monoisotopic (exact) mass is 227 g/mol. The maximum atomic E-state index is 11.4. The maximum Gasteiger partial charge on any atom is 0.407 e. The molecule has 0 fully saturated rings. The number of rotatable bonds is 4. The van der Waals surface area contributed by atoms with Crippen molar-refractivity contribution in [1.82, 2.24) is 10.6 Å². The molecule has 0 aliphatic heterocycles. The summed E-state index contributed by atoms with van der Waals surface area (Å²) in [6.07, 6.45) is -0.445. The average molecular weight is 227 g/mol. The van der Waals surface area contributed by atoms with E-state index in [0.717, 1.165) is 0 Å². The molecule has 1 amide bonds. The van der Waals surface area contributed by atoms with Gasteiger partial charge in [0.05, 0.1) is 12.6 Å². The Balaban J connectivity index is 3.96. The summed E-state index contributed by atoms with van der Waals surface area (Å²) in [5.74, 6) is 0. The quantitative estimate of drug-likeness (QED) is 0.712. The number of carbonyl (C=O) groups is 1. The molecule has 0 unspecified atom stereocenters. The fraction of sp³-hybridized carbons (Fsp3) is 0.818. The van der Waals surface area contributed by atoms with Crippen molar-refractivity contribution in [2.75, 3.05) is 13.1 Å². The van der Waals surface area contributed by atoms with E-state index in [1.807, 2.05) is 40.7 Å². The molecule has 2 N–H and O–H groups in total. The Morgan fingerprint density at radius 3 is 2.31 bits per heavy atom. The summed E-state index contributed by atoms with van der Waals surface area (Å²) in [7, 11) is 0. The van der Waals surface area contributed by atoms with E-state index in [2.05, 4.69) is 10.6 Å². The van der Waals surface area contributed by atoms with Gasteiger partial charge in [-0.1, -0.05) is 0 Å². The number of hydrogen-bond donors (Lipinski definition) is 2. The molecule has 0 heterocycles. The Morgan fingerprint density at radius 1 is 1.31 bits per heavy atom. The van der Waals surface area contributed by atoms with Crippen molar-refractivity contribution < 1.29 is 9.53 Å². The van der Waals surface area contributed by atoms with Crippen molar-refractivity contribution in [3.05, 3.63) is 0 Å². The summed E-state index contributed by atoms with van der Waals surface area (Å²) in [4.78, 5) is 11.4. The van der Waals surface area contributed by atoms with Crippen LogP contribution < -0.4 is 10.6 Å². The second-order valence-electron chi connectivity index (χ2n) is 5.25. The minimum absolute atomic E-state index is 0.253. The third kappa shape index (κ3) is 8.06. The highest BCUT2D eigenvalue weighted by molar-refractivity contribution is 5.67. The second-order valence-corrected chi connectivity index (χ2v) is 5.25. The van der Waals surface area contributed by atoms with Crippen molar-refractivity contribution in [2.45, 2.75) is 45.8 Å². The van der Waals surface area contributed by atoms with Gasteiger partial charge in [0.15, 0.2) is 0 Å². The highest BCUT2D eigenvalue weighted by atomic mass is 16.6. The molecule has 0 aliphatic rings. The molecule has 16 heavy (non-hydrogen) atoms. The van der Waals surface area contributed by atoms with Gasteiger partial charge in [0.2, 0.25) is 0 Å². The summed E-state index contributed by atoms with van der Waals surface area (Å²) < 4.78 is 5.09. The van der Waals surface area contributed by atoms with Crippen LogP contribution >= 0.6 is 0 Å². The van der Waals surface area contributed by atoms with E-state index < -0.39 is 11.7 Å². The van der Waals surface area contributed by atoms with Crippen LogP contribution in [0.25, 0.3) is 0 Å². The standard InChI is InChI=1S/C11H21N3O2/c1-10(2,3)16-9(15)13-8-11(4,5)14-7-6-12/h14H,7-8H2,1-5H3,(H,13,15). The molecule has 92 valence electrons. The van der Waals surface area contributed by atoms with Crippen molar-refractivity contribution in [3.63, 3.8) is 0 Å². The number of alkyl carbamates (subject to hydrolysis) is 1. The lowest BCUT2D eigenvalue weighted by atomic mass is 10.1. The topological polar surface area (TPSA) is 74.2 Å². The van der Waals surface area contributed by atoms with Crippen LogP contribution in [0.4, 0.5) is 4.79 Å². The van der Waals surface area contributed by atoms with Gasteiger partial charge >= 0.3 is 6.09 Å². The number of nitriles is 1. The Hall–Kier alpha value is -1.28. The molecule has 0 saturated heterocycles. The number of amides is 1. The van der Waals surface area contributed by atoms with Crippen molar-refractivity contribution >= 4 is 6.09 Å². The molecule has 5 nitrogen and oxygen atoms in total. The fourth-order valence-corrected chi connectivity index (χ4v) is 0.949. The molecule has 0 aromatic carbocycles. The maximum absolute atomic E-state index is 11.4. The Bertz CT molecular complexity index is 274. The summed E-state index contributed by atoms with van der Waals surface area (Å²) in [5.41, 5.74) is -0.819. The third-order valence-corrected chi connectivity index (χ3v) is 1.72. The van der Waals surface area contributed by atoms with Gasteiger partial charge < -0.3 is 10.1 Å². The van der Waals surface area contributed by atoms with Gasteiger partial charge in [-0.25, -0.2) is 4.79 Å². The van der Waals surface area contributed by atoms with Gasteiger partial charge in [0.1, 0.15) is 5.60 Å². The second kappa shape index (κ2) is 5.71. The van der Waals surface area contributed by atoms with Crippen molar-refractivity contribution in [3.8, 4) is 6.07 Å². The zero-order chi connectivity index (χ0) is 12.8. The lowest BCUT2D eigenvalue weighted by Gasteiger charge is -2.26. The molecule has 0 rings (SSSR count). The highest BCUT2D eigenvalue weighted by Crippen LogP contribution is 2.07. The van der Waals surface area contributed by atoms with Gasteiger partial charge in [-0.15, -0.1) is 0 Å². The molecule has 5 heteroatoms. The number of nitrogens with zero attached hydrogens (tertiary/aromatic N) is 1. The molecule has 0 saturated carbocycles. The molecule has 0 aromatic rings. The molecule has 0 radical (unpaired) electrons. The summed E-state index contributed by atoms with van der Waals surface area (Å²) in [5, 5.41) is 14.1. The molecule has 0 aromatic heterocycles. The van der Waals surface area contributed by atoms with Crippen LogP contribution in [-0.2, 0) is 4.74 Å². The van der Waals surface area contributed by atoms with Crippen LogP contribution in [-0.4, -0.2) is 30.3 Å². The zero-order valence-electron chi connectivity index (χ0n) is 10.7. The van der Waals surface area contributed by atoms with Crippen LogP contribution in [0.15, 0.2) is 0 Å². The predicted octanol–water partition coefficient (Wildman–Crippen LogP) is 1.40. The first-order valence-corrected chi connectivity index (χ1v) is 5.25. The number of nitrogens with one attached hydrogen (secondary N) is 2. The third-order valence-electron chi connectivity index (χ3n) is 1.72. The van der Waals surface area contributed by atoms with E-state index in [1.165, 1.54) is 0 Å². The average Bonchev–Trinajstić information content (AvgIpc) is 2.09. The fourth-order valence-electron chi connectivity index (χ4n) is 0.949. The normalized spacial score (nSPS) is 11.8. The van der Waals surface area contributed by atoms with Crippen molar-refractivity contribution in [1.29, 1.82) is 5.26 Å². The molecular weight excluding hydrogens is 206 g/mol. The molecule has 0 bridgehead atoms. The first kappa shape index (κ1) is 14.7. The van der Waals surface area contributed by atoms with E-state index in [9.17, 15) is 4.79 Å². The number of hydrogen-bond acceptors (Lipinski definition) is 4. The van der Waals surface area contributed by atoms with Gasteiger partial charge in [-0.05, 0) is 34.6 Å². The van der Waals surface area contributed by atoms with Gasteiger partial charge in [0.25, 0.3) is 0 Å². The first-order valence-electron chi connectivity index (χ1n) is 5.25. The Kier molecular flexibility index (Phi) is 5.25. The smallest absolute Gasteiger partial charge is 0.407 e. The van der Waals surface area contributed by atoms with Crippen LogP contribution in [0.2, 0.25) is 0 Å². The highest BCUT2D eigenvalue weighted by Gasteiger charge is 2.20. The summed E-state index contributed by atoms with van der Waals surface area (Å²) >= 11 is 0. The summed E-state index contributed by atoms with van der Waals surface area (Å²) in [6, 6.07) is 1.99. The Morgan fingerprint density at radius 2 is 1.88 bits per heavy atom. The van der Waals surface area contributed by atoms with E-state index in [0.29, 0.717) is 6.54 Å². The van der Waals surface area contributed by atoms with Crippen LogP contribution in [0.1, 0.15) is 34.6 Å². The largest absolute Gasteiger partial charge is 0.444 e. The predicted molar refractivity (Wildman–Crippen MR) is 61.9 cm³/mol.